The Morgan fingerprint density at radius 2 is 2.11 bits per heavy atom. The van der Waals surface area contributed by atoms with Crippen molar-refractivity contribution in [1.82, 2.24) is 5.32 Å². The molecule has 0 spiro atoms. The number of amides is 1. The minimum atomic E-state index is -0.198. The molecule has 0 fully saturated rings. The summed E-state index contributed by atoms with van der Waals surface area (Å²) < 4.78 is 5.14. The summed E-state index contributed by atoms with van der Waals surface area (Å²) in [6, 6.07) is 8.53. The maximum Gasteiger partial charge on any atom is 0.238 e. The number of anilines is 1. The Kier molecular flexibility index (Phi) is 4.85. The summed E-state index contributed by atoms with van der Waals surface area (Å²) in [5.41, 5.74) is 0.499. The number of benzene rings is 1. The van der Waals surface area contributed by atoms with E-state index in [1.165, 1.54) is 0 Å². The summed E-state index contributed by atoms with van der Waals surface area (Å²) in [4.78, 5) is 11.7. The Morgan fingerprint density at radius 3 is 2.84 bits per heavy atom. The number of hydrogen-bond donors (Lipinski definition) is 2. The van der Waals surface area contributed by atoms with E-state index in [0.717, 1.165) is 5.76 Å². The zero-order valence-electron chi connectivity index (χ0n) is 9.95. The van der Waals surface area contributed by atoms with E-state index >= 15 is 0 Å². The van der Waals surface area contributed by atoms with Gasteiger partial charge in [-0.1, -0.05) is 23.2 Å². The van der Waals surface area contributed by atoms with Crippen LogP contribution in [0.2, 0.25) is 10.0 Å². The molecular weight excluding hydrogens is 287 g/mol. The van der Waals surface area contributed by atoms with Gasteiger partial charge in [0.15, 0.2) is 0 Å². The summed E-state index contributed by atoms with van der Waals surface area (Å²) in [6.45, 7) is 0.646. The third-order valence-electron chi connectivity index (χ3n) is 2.37. The lowest BCUT2D eigenvalue weighted by molar-refractivity contribution is -0.115. The molecule has 2 N–H and O–H groups in total. The van der Waals surface area contributed by atoms with Crippen LogP contribution in [0.1, 0.15) is 5.76 Å². The quantitative estimate of drug-likeness (QED) is 0.890. The van der Waals surface area contributed by atoms with E-state index in [-0.39, 0.29) is 12.5 Å². The van der Waals surface area contributed by atoms with Gasteiger partial charge in [0.2, 0.25) is 5.91 Å². The first-order chi connectivity index (χ1) is 9.15. The number of furan rings is 1. The summed E-state index contributed by atoms with van der Waals surface area (Å²) in [5, 5.41) is 6.61. The second kappa shape index (κ2) is 6.61. The Labute approximate surface area is 120 Å². The van der Waals surface area contributed by atoms with Crippen LogP contribution in [0.5, 0.6) is 0 Å². The molecule has 0 aliphatic heterocycles. The third-order valence-corrected chi connectivity index (χ3v) is 2.93. The van der Waals surface area contributed by atoms with Crippen LogP contribution in [-0.2, 0) is 11.3 Å². The van der Waals surface area contributed by atoms with Crippen molar-refractivity contribution < 1.29 is 9.21 Å². The van der Waals surface area contributed by atoms with Crippen molar-refractivity contribution >= 4 is 34.8 Å². The van der Waals surface area contributed by atoms with E-state index < -0.39 is 0 Å². The molecule has 1 amide bonds. The fourth-order valence-corrected chi connectivity index (χ4v) is 1.84. The summed E-state index contributed by atoms with van der Waals surface area (Å²) >= 11 is 11.8. The molecule has 100 valence electrons. The van der Waals surface area contributed by atoms with Gasteiger partial charge in [-0.3, -0.25) is 4.79 Å². The molecule has 0 aliphatic rings. The average Bonchev–Trinajstić information content (AvgIpc) is 2.87. The van der Waals surface area contributed by atoms with E-state index in [1.54, 1.807) is 30.5 Å². The Bertz CT molecular complexity index is 556. The maximum atomic E-state index is 11.7. The molecule has 19 heavy (non-hydrogen) atoms. The number of hydrogen-bond acceptors (Lipinski definition) is 3. The number of carbonyl (C=O) groups is 1. The smallest absolute Gasteiger partial charge is 0.238 e. The largest absolute Gasteiger partial charge is 0.468 e. The van der Waals surface area contributed by atoms with Crippen molar-refractivity contribution in [3.8, 4) is 0 Å². The molecule has 0 unspecified atom stereocenters. The van der Waals surface area contributed by atoms with Crippen LogP contribution < -0.4 is 10.6 Å². The summed E-state index contributed by atoms with van der Waals surface area (Å²) in [7, 11) is 0. The minimum absolute atomic E-state index is 0.156. The first-order valence-corrected chi connectivity index (χ1v) is 6.39. The topological polar surface area (TPSA) is 54.3 Å². The second-order valence-corrected chi connectivity index (χ2v) is 4.70. The average molecular weight is 299 g/mol. The van der Waals surface area contributed by atoms with E-state index in [1.807, 2.05) is 6.07 Å². The maximum absolute atomic E-state index is 11.7. The van der Waals surface area contributed by atoms with Crippen LogP contribution in [0.4, 0.5) is 5.69 Å². The van der Waals surface area contributed by atoms with Gasteiger partial charge in [-0.05, 0) is 30.3 Å². The predicted octanol–water partition coefficient (Wildman–Crippen LogP) is 3.31. The standard InChI is InChI=1S/C13H12Cl2N2O2/c14-9-3-4-11(15)12(6-9)17-13(18)8-16-7-10-2-1-5-19-10/h1-6,16H,7-8H2,(H,17,18). The van der Waals surface area contributed by atoms with Gasteiger partial charge in [-0.15, -0.1) is 0 Å². The number of nitrogens with one attached hydrogen (secondary N) is 2. The van der Waals surface area contributed by atoms with Gasteiger partial charge in [0.1, 0.15) is 5.76 Å². The van der Waals surface area contributed by atoms with Crippen LogP contribution in [-0.4, -0.2) is 12.5 Å². The monoisotopic (exact) mass is 298 g/mol. The molecule has 4 nitrogen and oxygen atoms in total. The highest BCUT2D eigenvalue weighted by molar-refractivity contribution is 6.35. The van der Waals surface area contributed by atoms with Crippen molar-refractivity contribution in [2.75, 3.05) is 11.9 Å². The fourth-order valence-electron chi connectivity index (χ4n) is 1.50. The predicted molar refractivity (Wildman–Crippen MR) is 75.5 cm³/mol. The van der Waals surface area contributed by atoms with Gasteiger partial charge in [0, 0.05) is 5.02 Å². The van der Waals surface area contributed by atoms with Crippen molar-refractivity contribution in [3.63, 3.8) is 0 Å². The van der Waals surface area contributed by atoms with Crippen LogP contribution in [0.25, 0.3) is 0 Å². The van der Waals surface area contributed by atoms with Crippen molar-refractivity contribution in [2.24, 2.45) is 0 Å². The lowest BCUT2D eigenvalue weighted by Gasteiger charge is -2.08. The second-order valence-electron chi connectivity index (χ2n) is 3.86. The zero-order chi connectivity index (χ0) is 13.7. The Morgan fingerprint density at radius 1 is 1.26 bits per heavy atom. The molecular formula is C13H12Cl2N2O2. The van der Waals surface area contributed by atoms with Crippen molar-refractivity contribution in [3.05, 3.63) is 52.4 Å². The first-order valence-electron chi connectivity index (χ1n) is 5.63. The molecule has 1 aromatic carbocycles. The van der Waals surface area contributed by atoms with Gasteiger partial charge in [0.05, 0.1) is 30.1 Å². The van der Waals surface area contributed by atoms with Crippen molar-refractivity contribution in [2.45, 2.75) is 6.54 Å². The Hall–Kier alpha value is -1.49. The summed E-state index contributed by atoms with van der Waals surface area (Å²) in [6.07, 6.45) is 1.59. The molecule has 6 heteroatoms. The van der Waals surface area contributed by atoms with E-state index in [2.05, 4.69) is 10.6 Å². The molecule has 0 aliphatic carbocycles. The molecule has 0 saturated heterocycles. The number of halogens is 2. The molecule has 0 saturated carbocycles. The molecule has 1 heterocycles. The normalized spacial score (nSPS) is 10.4. The highest BCUT2D eigenvalue weighted by Gasteiger charge is 2.06. The van der Waals surface area contributed by atoms with Gasteiger partial charge in [-0.2, -0.15) is 0 Å². The van der Waals surface area contributed by atoms with E-state index in [0.29, 0.717) is 22.3 Å². The van der Waals surface area contributed by atoms with Crippen LogP contribution in [0, 0.1) is 0 Å². The van der Waals surface area contributed by atoms with E-state index in [9.17, 15) is 4.79 Å². The van der Waals surface area contributed by atoms with Crippen LogP contribution >= 0.6 is 23.2 Å². The zero-order valence-corrected chi connectivity index (χ0v) is 11.5. The lowest BCUT2D eigenvalue weighted by Crippen LogP contribution is -2.27. The number of rotatable bonds is 5. The molecule has 1 aromatic heterocycles. The van der Waals surface area contributed by atoms with E-state index in [4.69, 9.17) is 27.6 Å². The Balaban J connectivity index is 1.82. The highest BCUT2D eigenvalue weighted by Crippen LogP contribution is 2.25. The molecule has 0 atom stereocenters. The third kappa shape index (κ3) is 4.28. The highest BCUT2D eigenvalue weighted by atomic mass is 35.5. The van der Waals surface area contributed by atoms with Crippen molar-refractivity contribution in [1.29, 1.82) is 0 Å². The van der Waals surface area contributed by atoms with Gasteiger partial charge >= 0.3 is 0 Å². The molecule has 2 aromatic rings. The van der Waals surface area contributed by atoms with Crippen LogP contribution in [0.3, 0.4) is 0 Å². The fraction of sp³-hybridized carbons (Fsp3) is 0.154. The molecule has 2 rings (SSSR count). The van der Waals surface area contributed by atoms with Gasteiger partial charge < -0.3 is 15.1 Å². The van der Waals surface area contributed by atoms with Gasteiger partial charge in [0.25, 0.3) is 0 Å². The van der Waals surface area contributed by atoms with Gasteiger partial charge in [-0.25, -0.2) is 0 Å². The molecule has 0 radical (unpaired) electrons. The lowest BCUT2D eigenvalue weighted by atomic mass is 10.3. The van der Waals surface area contributed by atoms with Crippen LogP contribution in [0.15, 0.2) is 41.0 Å². The minimum Gasteiger partial charge on any atom is -0.468 e. The summed E-state index contributed by atoms with van der Waals surface area (Å²) in [5.74, 6) is 0.573. The first kappa shape index (κ1) is 13.9. The SMILES string of the molecule is O=C(CNCc1ccco1)Nc1cc(Cl)ccc1Cl. The number of carbonyl (C=O) groups excluding carboxylic acids is 1. The molecule has 0 bridgehead atoms.